The number of esters is 1. The lowest BCUT2D eigenvalue weighted by atomic mass is 9.76. The van der Waals surface area contributed by atoms with Gasteiger partial charge in [-0.2, -0.15) is 0 Å². The molecule has 2 atom stereocenters. The number of halogens is 1. The summed E-state index contributed by atoms with van der Waals surface area (Å²) in [6.07, 6.45) is 5.32. The maximum Gasteiger partial charge on any atom is 0.327 e. The smallest absolute Gasteiger partial charge is 0.327 e. The zero-order chi connectivity index (χ0) is 24.5. The van der Waals surface area contributed by atoms with Crippen LogP contribution < -0.4 is 9.47 Å². The van der Waals surface area contributed by atoms with Crippen molar-refractivity contribution in [3.8, 4) is 11.5 Å². The summed E-state index contributed by atoms with van der Waals surface area (Å²) >= 11 is 7.47. The Labute approximate surface area is 208 Å². The average molecular weight is 508 g/mol. The SMILES string of the molecule is COc1cc(OC)c(CCC2(C3CCCC3)CC(=O)C(Sc3nnc(C)n3C)C(=O)O2)cc1Cl. The van der Waals surface area contributed by atoms with Crippen molar-refractivity contribution in [3.63, 3.8) is 0 Å². The highest BCUT2D eigenvalue weighted by atomic mass is 35.5. The second-order valence-corrected chi connectivity index (χ2v) is 10.5. The molecule has 0 radical (unpaired) electrons. The third kappa shape index (κ3) is 4.77. The molecule has 4 rings (SSSR count). The Morgan fingerprint density at radius 2 is 1.88 bits per heavy atom. The molecule has 10 heteroatoms. The number of benzene rings is 1. The summed E-state index contributed by atoms with van der Waals surface area (Å²) in [5.74, 6) is 1.45. The molecule has 0 spiro atoms. The van der Waals surface area contributed by atoms with E-state index in [1.165, 1.54) is 0 Å². The van der Waals surface area contributed by atoms with Crippen LogP contribution in [0.15, 0.2) is 17.3 Å². The zero-order valence-corrected chi connectivity index (χ0v) is 21.5. The van der Waals surface area contributed by atoms with Gasteiger partial charge in [-0.1, -0.05) is 36.2 Å². The summed E-state index contributed by atoms with van der Waals surface area (Å²) in [5.41, 5.74) is 0.0646. The van der Waals surface area contributed by atoms with E-state index >= 15 is 0 Å². The molecule has 1 saturated heterocycles. The summed E-state index contributed by atoms with van der Waals surface area (Å²) in [6.45, 7) is 1.82. The van der Waals surface area contributed by atoms with Crippen LogP contribution in [0.5, 0.6) is 11.5 Å². The number of thioether (sulfide) groups is 1. The molecule has 2 aromatic rings. The van der Waals surface area contributed by atoms with Gasteiger partial charge in [0.05, 0.1) is 19.2 Å². The fourth-order valence-corrected chi connectivity index (χ4v) is 6.22. The average Bonchev–Trinajstić information content (AvgIpc) is 3.47. The van der Waals surface area contributed by atoms with Crippen LogP contribution in [0.4, 0.5) is 0 Å². The predicted molar refractivity (Wildman–Crippen MR) is 129 cm³/mol. The zero-order valence-electron chi connectivity index (χ0n) is 19.9. The van der Waals surface area contributed by atoms with E-state index in [0.717, 1.165) is 43.0 Å². The van der Waals surface area contributed by atoms with Gasteiger partial charge in [0, 0.05) is 19.5 Å². The minimum atomic E-state index is -0.929. The van der Waals surface area contributed by atoms with E-state index in [9.17, 15) is 9.59 Å². The topological polar surface area (TPSA) is 92.5 Å². The van der Waals surface area contributed by atoms with Crippen LogP contribution in [0, 0.1) is 12.8 Å². The summed E-state index contributed by atoms with van der Waals surface area (Å²) in [4.78, 5) is 26.5. The van der Waals surface area contributed by atoms with Crippen LogP contribution in [0.3, 0.4) is 0 Å². The van der Waals surface area contributed by atoms with Crippen LogP contribution in [0.25, 0.3) is 0 Å². The van der Waals surface area contributed by atoms with E-state index in [0.29, 0.717) is 40.3 Å². The molecule has 2 fully saturated rings. The van der Waals surface area contributed by atoms with E-state index in [1.54, 1.807) is 24.9 Å². The third-order valence-electron chi connectivity index (χ3n) is 7.03. The first kappa shape index (κ1) is 24.9. The minimum Gasteiger partial charge on any atom is -0.496 e. The highest BCUT2D eigenvalue weighted by molar-refractivity contribution is 8.01. The van der Waals surface area contributed by atoms with E-state index in [-0.39, 0.29) is 18.1 Å². The highest BCUT2D eigenvalue weighted by Crippen LogP contribution is 2.46. The number of cyclic esters (lactones) is 1. The molecule has 1 aromatic carbocycles. The molecule has 0 amide bonds. The number of ether oxygens (including phenoxy) is 3. The van der Waals surface area contributed by atoms with Crippen molar-refractivity contribution in [1.82, 2.24) is 14.8 Å². The van der Waals surface area contributed by atoms with Crippen molar-refractivity contribution in [2.24, 2.45) is 13.0 Å². The Balaban J connectivity index is 1.57. The number of hydrogen-bond donors (Lipinski definition) is 0. The Hall–Kier alpha value is -2.26. The third-order valence-corrected chi connectivity index (χ3v) is 8.58. The molecule has 184 valence electrons. The van der Waals surface area contributed by atoms with Crippen LogP contribution in [-0.4, -0.2) is 51.6 Å². The summed E-state index contributed by atoms with van der Waals surface area (Å²) < 4.78 is 18.8. The van der Waals surface area contributed by atoms with Gasteiger partial charge in [-0.3, -0.25) is 9.59 Å². The maximum atomic E-state index is 13.3. The number of carbonyl (C=O) groups is 2. The van der Waals surface area contributed by atoms with E-state index < -0.39 is 16.8 Å². The van der Waals surface area contributed by atoms with Gasteiger partial charge in [0.15, 0.2) is 16.2 Å². The van der Waals surface area contributed by atoms with E-state index in [2.05, 4.69) is 10.2 Å². The number of hydrogen-bond acceptors (Lipinski definition) is 8. The fourth-order valence-electron chi connectivity index (χ4n) is 5.01. The first-order valence-electron chi connectivity index (χ1n) is 11.5. The minimum absolute atomic E-state index is 0.117. The number of aryl methyl sites for hydroxylation is 2. The Kier molecular flexibility index (Phi) is 7.42. The van der Waals surface area contributed by atoms with Gasteiger partial charge in [0.1, 0.15) is 22.9 Å². The van der Waals surface area contributed by atoms with Crippen molar-refractivity contribution in [2.45, 2.75) is 67.9 Å². The van der Waals surface area contributed by atoms with Crippen molar-refractivity contribution in [1.29, 1.82) is 0 Å². The monoisotopic (exact) mass is 507 g/mol. The predicted octanol–water partition coefficient (Wildman–Crippen LogP) is 4.33. The number of Topliss-reactive ketones (excluding diaryl/α,β-unsaturated/α-hetero) is 1. The Morgan fingerprint density at radius 1 is 1.18 bits per heavy atom. The van der Waals surface area contributed by atoms with Crippen molar-refractivity contribution >= 4 is 35.1 Å². The lowest BCUT2D eigenvalue weighted by Crippen LogP contribution is -2.53. The summed E-state index contributed by atoms with van der Waals surface area (Å²) in [5, 5.41) is 8.19. The Morgan fingerprint density at radius 3 is 2.47 bits per heavy atom. The number of carbonyl (C=O) groups excluding carboxylic acids is 2. The fraction of sp³-hybridized carbons (Fsp3) is 0.583. The van der Waals surface area contributed by atoms with Crippen LogP contribution in [0.2, 0.25) is 5.02 Å². The molecule has 1 aliphatic carbocycles. The van der Waals surface area contributed by atoms with E-state index in [1.807, 2.05) is 20.0 Å². The molecule has 2 unspecified atom stereocenters. The molecule has 1 aliphatic heterocycles. The second-order valence-electron chi connectivity index (χ2n) is 9.00. The second kappa shape index (κ2) is 10.2. The first-order chi connectivity index (χ1) is 16.3. The molecule has 0 N–H and O–H groups in total. The lowest BCUT2D eigenvalue weighted by molar-refractivity contribution is -0.177. The lowest BCUT2D eigenvalue weighted by Gasteiger charge is -2.42. The van der Waals surface area contributed by atoms with Gasteiger partial charge < -0.3 is 18.8 Å². The maximum absolute atomic E-state index is 13.3. The largest absolute Gasteiger partial charge is 0.496 e. The van der Waals surface area contributed by atoms with Crippen LogP contribution in [-0.2, 0) is 27.8 Å². The van der Waals surface area contributed by atoms with Crippen LogP contribution in [0.1, 0.15) is 49.9 Å². The summed E-state index contributed by atoms with van der Waals surface area (Å²) in [6, 6.07) is 3.58. The highest BCUT2D eigenvalue weighted by Gasteiger charge is 2.52. The van der Waals surface area contributed by atoms with Crippen LogP contribution >= 0.6 is 23.4 Å². The number of ketones is 1. The van der Waals surface area contributed by atoms with Gasteiger partial charge in [-0.25, -0.2) is 0 Å². The quantitative estimate of drug-likeness (QED) is 0.385. The van der Waals surface area contributed by atoms with Gasteiger partial charge in [-0.05, 0) is 50.2 Å². The number of aromatic nitrogens is 3. The molecule has 34 heavy (non-hydrogen) atoms. The molecular weight excluding hydrogens is 478 g/mol. The van der Waals surface area contributed by atoms with Gasteiger partial charge >= 0.3 is 5.97 Å². The van der Waals surface area contributed by atoms with Gasteiger partial charge in [0.2, 0.25) is 0 Å². The molecule has 0 bridgehead atoms. The molecular formula is C24H30ClN3O5S. The Bertz CT molecular complexity index is 1060. The van der Waals surface area contributed by atoms with Gasteiger partial charge in [0.25, 0.3) is 0 Å². The molecule has 8 nitrogen and oxygen atoms in total. The standard InChI is InChI=1S/C24H30ClN3O5S/c1-14-26-27-23(28(14)2)34-21-18(29)13-24(33-22(21)30,16-7-5-6-8-16)10-9-15-11-17(25)20(32-4)12-19(15)31-3/h11-12,16,21H,5-10,13H2,1-4H3. The number of nitrogens with zero attached hydrogens (tertiary/aromatic N) is 3. The summed E-state index contributed by atoms with van der Waals surface area (Å²) in [7, 11) is 4.96. The molecule has 1 saturated carbocycles. The molecule has 2 aliphatic rings. The van der Waals surface area contributed by atoms with Crippen molar-refractivity contribution < 1.29 is 23.8 Å². The van der Waals surface area contributed by atoms with Gasteiger partial charge in [-0.15, -0.1) is 10.2 Å². The normalized spacial score (nSPS) is 23.3. The molecule has 2 heterocycles. The van der Waals surface area contributed by atoms with E-state index in [4.69, 9.17) is 25.8 Å². The van der Waals surface area contributed by atoms with Crippen molar-refractivity contribution in [2.75, 3.05) is 14.2 Å². The number of methoxy groups -OCH3 is 2. The van der Waals surface area contributed by atoms with Crippen molar-refractivity contribution in [3.05, 3.63) is 28.5 Å². The first-order valence-corrected chi connectivity index (χ1v) is 12.7. The molecule has 1 aromatic heterocycles. The number of rotatable bonds is 8.